The first kappa shape index (κ1) is 27.9. The Morgan fingerprint density at radius 3 is 2.49 bits per heavy atom. The second kappa shape index (κ2) is 12.4. The quantitative estimate of drug-likeness (QED) is 0.494. The number of ether oxygens (including phenoxy) is 1. The molecule has 1 heterocycles. The van der Waals surface area contributed by atoms with E-state index in [0.717, 1.165) is 23.4 Å². The third-order valence-electron chi connectivity index (χ3n) is 5.28. The van der Waals surface area contributed by atoms with Crippen molar-refractivity contribution in [2.45, 2.75) is 60.3 Å². The van der Waals surface area contributed by atoms with Gasteiger partial charge >= 0.3 is 12.0 Å². The summed E-state index contributed by atoms with van der Waals surface area (Å²) in [5, 5.41) is 10.2. The lowest BCUT2D eigenvalue weighted by molar-refractivity contribution is -0.141. The van der Waals surface area contributed by atoms with Crippen LogP contribution in [0, 0.1) is 12.8 Å². The van der Waals surface area contributed by atoms with E-state index >= 15 is 0 Å². The van der Waals surface area contributed by atoms with E-state index in [0.29, 0.717) is 18.3 Å². The predicted octanol–water partition coefficient (Wildman–Crippen LogP) is 4.04. The molecule has 0 radical (unpaired) electrons. The van der Waals surface area contributed by atoms with E-state index in [-0.39, 0.29) is 31.0 Å². The number of hydrogen-bond acceptors (Lipinski definition) is 5. The molecule has 0 aliphatic rings. The molecule has 0 saturated carbocycles. The van der Waals surface area contributed by atoms with Gasteiger partial charge in [0.2, 0.25) is 5.91 Å². The number of urea groups is 1. The Hall–Kier alpha value is -3.36. The van der Waals surface area contributed by atoms with Gasteiger partial charge in [0.1, 0.15) is 18.9 Å². The van der Waals surface area contributed by atoms with Crippen LogP contribution in [0.25, 0.3) is 5.69 Å². The maximum atomic E-state index is 13.1. The van der Waals surface area contributed by atoms with Gasteiger partial charge in [-0.1, -0.05) is 46.8 Å². The molecule has 0 aliphatic heterocycles. The fourth-order valence-electron chi connectivity index (χ4n) is 3.29. The van der Waals surface area contributed by atoms with Crippen molar-refractivity contribution in [1.29, 1.82) is 0 Å². The Balaban J connectivity index is 2.22. The zero-order chi connectivity index (χ0) is 26.2. The van der Waals surface area contributed by atoms with Crippen molar-refractivity contribution < 1.29 is 19.1 Å². The molecule has 192 valence electrons. The second-order valence-electron chi connectivity index (χ2n) is 10.0. The van der Waals surface area contributed by atoms with Crippen LogP contribution in [0.3, 0.4) is 0 Å². The van der Waals surface area contributed by atoms with Crippen LogP contribution in [0.5, 0.6) is 0 Å². The molecule has 3 amide bonds. The van der Waals surface area contributed by atoms with Crippen molar-refractivity contribution in [1.82, 2.24) is 20.0 Å². The molecule has 0 bridgehead atoms. The Kier molecular flexibility index (Phi) is 9.86. The van der Waals surface area contributed by atoms with E-state index in [1.807, 2.05) is 51.1 Å². The highest BCUT2D eigenvalue weighted by Gasteiger charge is 2.23. The van der Waals surface area contributed by atoms with Gasteiger partial charge in [-0.3, -0.25) is 9.59 Å². The molecule has 1 aromatic heterocycles. The number of nitrogens with one attached hydrogen (secondary N) is 2. The fraction of sp³-hybridized carbons (Fsp3) is 0.538. The third kappa shape index (κ3) is 8.73. The standard InChI is InChI=1S/C26H39N5O4/c1-8-35-24(33)16-27-25(34)30(13-12-18(2)3)17-23(32)28-22-15-21(26(5,6)7)29-31(22)20-11-9-10-19(4)14-20/h9-11,14-15,18H,8,12-13,16-17H2,1-7H3,(H,27,34)(H,28,32). The summed E-state index contributed by atoms with van der Waals surface area (Å²) in [4.78, 5) is 38.8. The minimum atomic E-state index is -0.522. The number of benzene rings is 1. The van der Waals surface area contributed by atoms with E-state index in [1.54, 1.807) is 11.6 Å². The number of aromatic nitrogens is 2. The molecule has 9 heteroatoms. The summed E-state index contributed by atoms with van der Waals surface area (Å²) in [5.41, 5.74) is 2.52. The van der Waals surface area contributed by atoms with Crippen LogP contribution in [0.2, 0.25) is 0 Å². The van der Waals surface area contributed by atoms with E-state index in [9.17, 15) is 14.4 Å². The number of anilines is 1. The van der Waals surface area contributed by atoms with Gasteiger partial charge in [-0.2, -0.15) is 5.10 Å². The van der Waals surface area contributed by atoms with Crippen molar-refractivity contribution in [2.24, 2.45) is 5.92 Å². The molecule has 2 rings (SSSR count). The topological polar surface area (TPSA) is 106 Å². The molecular weight excluding hydrogens is 446 g/mol. The highest BCUT2D eigenvalue weighted by molar-refractivity contribution is 5.94. The number of carbonyl (C=O) groups is 3. The Bertz CT molecular complexity index is 1020. The van der Waals surface area contributed by atoms with E-state index in [2.05, 4.69) is 31.4 Å². The number of amides is 3. The largest absolute Gasteiger partial charge is 0.465 e. The summed E-state index contributed by atoms with van der Waals surface area (Å²) in [6, 6.07) is 9.23. The number of esters is 1. The number of rotatable bonds is 10. The normalized spacial score (nSPS) is 11.3. The van der Waals surface area contributed by atoms with Crippen LogP contribution in [-0.2, 0) is 19.7 Å². The first-order valence-corrected chi connectivity index (χ1v) is 12.1. The molecule has 35 heavy (non-hydrogen) atoms. The average molecular weight is 486 g/mol. The summed E-state index contributed by atoms with van der Waals surface area (Å²) in [6.07, 6.45) is 0.718. The smallest absolute Gasteiger partial charge is 0.325 e. The van der Waals surface area contributed by atoms with Gasteiger partial charge in [0.15, 0.2) is 0 Å². The number of carbonyl (C=O) groups excluding carboxylic acids is 3. The molecule has 0 saturated heterocycles. The summed E-state index contributed by atoms with van der Waals surface area (Å²) in [6.45, 7) is 14.2. The minimum Gasteiger partial charge on any atom is -0.465 e. The monoisotopic (exact) mass is 485 g/mol. The maximum absolute atomic E-state index is 13.1. The van der Waals surface area contributed by atoms with Crippen molar-refractivity contribution >= 4 is 23.7 Å². The van der Waals surface area contributed by atoms with Crippen LogP contribution in [0.15, 0.2) is 30.3 Å². The van der Waals surface area contributed by atoms with Gasteiger partial charge in [0.25, 0.3) is 0 Å². The van der Waals surface area contributed by atoms with Gasteiger partial charge in [-0.15, -0.1) is 0 Å². The zero-order valence-corrected chi connectivity index (χ0v) is 22.0. The molecule has 1 aromatic carbocycles. The van der Waals surface area contributed by atoms with Crippen molar-refractivity contribution in [3.05, 3.63) is 41.6 Å². The van der Waals surface area contributed by atoms with Crippen LogP contribution < -0.4 is 10.6 Å². The predicted molar refractivity (Wildman–Crippen MR) is 137 cm³/mol. The minimum absolute atomic E-state index is 0.161. The zero-order valence-electron chi connectivity index (χ0n) is 22.0. The van der Waals surface area contributed by atoms with E-state index in [4.69, 9.17) is 9.84 Å². The number of aryl methyl sites for hydroxylation is 1. The SMILES string of the molecule is CCOC(=O)CNC(=O)N(CCC(C)C)CC(=O)Nc1cc(C(C)(C)C)nn1-c1cccc(C)c1. The molecule has 0 spiro atoms. The Labute approximate surface area is 208 Å². The highest BCUT2D eigenvalue weighted by Crippen LogP contribution is 2.26. The maximum Gasteiger partial charge on any atom is 0.325 e. The van der Waals surface area contributed by atoms with Gasteiger partial charge in [0, 0.05) is 18.0 Å². The summed E-state index contributed by atoms with van der Waals surface area (Å²) in [5.74, 6) is -0.00281. The second-order valence-corrected chi connectivity index (χ2v) is 10.0. The van der Waals surface area contributed by atoms with Gasteiger partial charge in [0.05, 0.1) is 18.0 Å². The summed E-state index contributed by atoms with van der Waals surface area (Å²) in [7, 11) is 0. The molecule has 0 fully saturated rings. The molecule has 2 aromatic rings. The van der Waals surface area contributed by atoms with Crippen LogP contribution in [-0.4, -0.2) is 58.8 Å². The van der Waals surface area contributed by atoms with Gasteiger partial charge in [-0.05, 0) is 43.9 Å². The molecule has 9 nitrogen and oxygen atoms in total. The Morgan fingerprint density at radius 1 is 1.17 bits per heavy atom. The molecular formula is C26H39N5O4. The Morgan fingerprint density at radius 2 is 1.89 bits per heavy atom. The highest BCUT2D eigenvalue weighted by atomic mass is 16.5. The van der Waals surface area contributed by atoms with Crippen molar-refractivity contribution in [3.8, 4) is 5.69 Å². The first-order valence-electron chi connectivity index (χ1n) is 12.1. The lowest BCUT2D eigenvalue weighted by Crippen LogP contribution is -2.46. The lowest BCUT2D eigenvalue weighted by Gasteiger charge is -2.23. The van der Waals surface area contributed by atoms with Crippen molar-refractivity contribution in [3.63, 3.8) is 0 Å². The summed E-state index contributed by atoms with van der Waals surface area (Å²) >= 11 is 0. The first-order chi connectivity index (χ1) is 16.4. The molecule has 0 aliphatic carbocycles. The van der Waals surface area contributed by atoms with Crippen LogP contribution in [0.4, 0.5) is 10.6 Å². The van der Waals surface area contributed by atoms with E-state index < -0.39 is 12.0 Å². The molecule has 0 unspecified atom stereocenters. The van der Waals surface area contributed by atoms with Gasteiger partial charge < -0.3 is 20.3 Å². The lowest BCUT2D eigenvalue weighted by atomic mass is 9.92. The fourth-order valence-corrected chi connectivity index (χ4v) is 3.29. The molecule has 0 atom stereocenters. The number of hydrogen-bond donors (Lipinski definition) is 2. The molecule has 2 N–H and O–H groups in total. The van der Waals surface area contributed by atoms with Crippen LogP contribution in [0.1, 0.15) is 59.2 Å². The van der Waals surface area contributed by atoms with Gasteiger partial charge in [-0.25, -0.2) is 9.48 Å². The summed E-state index contributed by atoms with van der Waals surface area (Å²) < 4.78 is 6.58. The number of nitrogens with zero attached hydrogens (tertiary/aromatic N) is 3. The van der Waals surface area contributed by atoms with Crippen molar-refractivity contribution in [2.75, 3.05) is 31.6 Å². The average Bonchev–Trinajstić information content (AvgIpc) is 3.19. The van der Waals surface area contributed by atoms with Crippen LogP contribution >= 0.6 is 0 Å². The van der Waals surface area contributed by atoms with E-state index in [1.165, 1.54) is 4.90 Å². The third-order valence-corrected chi connectivity index (χ3v) is 5.28.